The highest BCUT2D eigenvalue weighted by Crippen LogP contribution is 2.33. The number of thiazole rings is 1. The van der Waals surface area contributed by atoms with Gasteiger partial charge in [-0.3, -0.25) is 0 Å². The van der Waals surface area contributed by atoms with Crippen molar-refractivity contribution in [3.05, 3.63) is 39.7 Å². The summed E-state index contributed by atoms with van der Waals surface area (Å²) >= 11 is 1.57. The highest BCUT2D eigenvalue weighted by Gasteiger charge is 2.33. The topological polar surface area (TPSA) is 67.6 Å². The van der Waals surface area contributed by atoms with Crippen molar-refractivity contribution >= 4 is 17.4 Å². The number of hydrogen-bond donors (Lipinski definition) is 1. The number of nitrogens with one attached hydrogen (secondary N) is 1. The van der Waals surface area contributed by atoms with Gasteiger partial charge in [0.1, 0.15) is 23.1 Å². The fraction of sp³-hybridized carbons (Fsp3) is 0.529. The van der Waals surface area contributed by atoms with E-state index in [0.717, 1.165) is 41.6 Å². The summed E-state index contributed by atoms with van der Waals surface area (Å²) in [5.74, 6) is 1.61. The summed E-state index contributed by atoms with van der Waals surface area (Å²) < 4.78 is 10.9. The first-order valence-corrected chi connectivity index (χ1v) is 9.03. The largest absolute Gasteiger partial charge is 0.461 e. The number of rotatable bonds is 5. The lowest BCUT2D eigenvalue weighted by molar-refractivity contribution is 0.155. The summed E-state index contributed by atoms with van der Waals surface area (Å²) in [5, 5.41) is 5.98. The van der Waals surface area contributed by atoms with Gasteiger partial charge in [0.15, 0.2) is 0 Å². The number of ether oxygens (including phenoxy) is 1. The summed E-state index contributed by atoms with van der Waals surface area (Å²) in [6, 6.07) is 3.67. The van der Waals surface area contributed by atoms with Crippen molar-refractivity contribution in [1.82, 2.24) is 15.2 Å². The molecule has 3 rings (SSSR count). The summed E-state index contributed by atoms with van der Waals surface area (Å²) in [4.78, 5) is 19.0. The Hall–Kier alpha value is -1.86. The van der Waals surface area contributed by atoms with E-state index in [-0.39, 0.29) is 18.1 Å². The van der Waals surface area contributed by atoms with Crippen molar-refractivity contribution < 1.29 is 13.9 Å². The molecule has 24 heavy (non-hydrogen) atoms. The van der Waals surface area contributed by atoms with E-state index in [4.69, 9.17) is 9.15 Å². The third kappa shape index (κ3) is 3.62. The van der Waals surface area contributed by atoms with Gasteiger partial charge in [-0.2, -0.15) is 0 Å². The zero-order valence-corrected chi connectivity index (χ0v) is 15.1. The molecular weight excluding hydrogens is 326 g/mol. The van der Waals surface area contributed by atoms with Crippen LogP contribution in [0.2, 0.25) is 0 Å². The number of carbonyl (C=O) groups excluding carboxylic acids is 1. The number of carbonyl (C=O) groups is 1. The van der Waals surface area contributed by atoms with Gasteiger partial charge in [-0.1, -0.05) is 0 Å². The van der Waals surface area contributed by atoms with E-state index in [9.17, 15) is 4.79 Å². The fourth-order valence-electron chi connectivity index (χ4n) is 3.00. The van der Waals surface area contributed by atoms with Crippen molar-refractivity contribution in [2.45, 2.75) is 45.4 Å². The minimum absolute atomic E-state index is 0.0131. The van der Waals surface area contributed by atoms with Gasteiger partial charge in [0.25, 0.3) is 0 Å². The quantitative estimate of drug-likeness (QED) is 0.891. The van der Waals surface area contributed by atoms with E-state index in [2.05, 4.69) is 10.3 Å². The van der Waals surface area contributed by atoms with Gasteiger partial charge in [-0.15, -0.1) is 11.3 Å². The molecule has 1 aliphatic rings. The molecule has 2 atom stereocenters. The molecule has 1 fully saturated rings. The molecular formula is C17H23N3O3S. The van der Waals surface area contributed by atoms with Crippen LogP contribution in [-0.4, -0.2) is 29.6 Å². The van der Waals surface area contributed by atoms with Crippen LogP contribution in [0.4, 0.5) is 4.79 Å². The maximum atomic E-state index is 12.7. The molecule has 7 heteroatoms. The Morgan fingerprint density at radius 1 is 1.58 bits per heavy atom. The number of furan rings is 1. The van der Waals surface area contributed by atoms with Gasteiger partial charge in [0.2, 0.25) is 0 Å². The summed E-state index contributed by atoms with van der Waals surface area (Å²) in [6.07, 6.45) is 1.89. The van der Waals surface area contributed by atoms with Gasteiger partial charge >= 0.3 is 6.03 Å². The molecule has 0 aliphatic carbocycles. The second kappa shape index (κ2) is 7.36. The molecule has 0 unspecified atom stereocenters. The standard InChI is InChI=1S/C17H23N3O3S/c1-11-10-24-16(18-11)12(2)19-17(21)20-8-4-5-14(20)15-7-6-13(23-15)9-22-3/h6-7,10,12,14H,4-5,8-9H2,1-3H3,(H,19,21)/t12-,14-/m0/s1. The Morgan fingerprint density at radius 3 is 3.12 bits per heavy atom. The minimum Gasteiger partial charge on any atom is -0.461 e. The normalized spacial score (nSPS) is 18.8. The van der Waals surface area contributed by atoms with Crippen LogP contribution >= 0.6 is 11.3 Å². The van der Waals surface area contributed by atoms with Gasteiger partial charge in [0.05, 0.1) is 12.1 Å². The second-order valence-electron chi connectivity index (χ2n) is 6.09. The van der Waals surface area contributed by atoms with Crippen LogP contribution in [0.5, 0.6) is 0 Å². The van der Waals surface area contributed by atoms with Gasteiger partial charge in [0, 0.05) is 24.7 Å². The lowest BCUT2D eigenvalue weighted by Gasteiger charge is -2.25. The monoisotopic (exact) mass is 349 g/mol. The highest BCUT2D eigenvalue weighted by molar-refractivity contribution is 7.09. The Labute approximate surface area is 145 Å². The molecule has 2 aromatic rings. The lowest BCUT2D eigenvalue weighted by Crippen LogP contribution is -2.40. The van der Waals surface area contributed by atoms with Crippen LogP contribution in [0.25, 0.3) is 0 Å². The van der Waals surface area contributed by atoms with Gasteiger partial charge in [-0.05, 0) is 38.8 Å². The van der Waals surface area contributed by atoms with E-state index in [1.807, 2.05) is 36.3 Å². The Kier molecular flexibility index (Phi) is 5.20. The first-order chi connectivity index (χ1) is 11.6. The van der Waals surface area contributed by atoms with E-state index >= 15 is 0 Å². The summed E-state index contributed by atoms with van der Waals surface area (Å²) in [5.41, 5.74) is 0.983. The first kappa shape index (κ1) is 17.0. The zero-order valence-electron chi connectivity index (χ0n) is 14.2. The Morgan fingerprint density at radius 2 is 2.42 bits per heavy atom. The van der Waals surface area contributed by atoms with Gasteiger partial charge < -0.3 is 19.4 Å². The number of nitrogens with zero attached hydrogens (tertiary/aromatic N) is 2. The smallest absolute Gasteiger partial charge is 0.318 e. The van der Waals surface area contributed by atoms with Crippen molar-refractivity contribution in [1.29, 1.82) is 0 Å². The van der Waals surface area contributed by atoms with E-state index in [1.165, 1.54) is 0 Å². The van der Waals surface area contributed by atoms with Gasteiger partial charge in [-0.25, -0.2) is 9.78 Å². The third-order valence-electron chi connectivity index (χ3n) is 4.16. The fourth-order valence-corrected chi connectivity index (χ4v) is 3.80. The molecule has 0 saturated carbocycles. The van der Waals surface area contributed by atoms with Crippen LogP contribution in [0.15, 0.2) is 21.9 Å². The molecule has 0 radical (unpaired) electrons. The van der Waals surface area contributed by atoms with Crippen molar-refractivity contribution in [3.8, 4) is 0 Å². The molecule has 0 spiro atoms. The van der Waals surface area contributed by atoms with Crippen molar-refractivity contribution in [2.75, 3.05) is 13.7 Å². The summed E-state index contributed by atoms with van der Waals surface area (Å²) in [6.45, 7) is 5.10. The lowest BCUT2D eigenvalue weighted by atomic mass is 10.2. The van der Waals surface area contributed by atoms with Crippen molar-refractivity contribution in [3.63, 3.8) is 0 Å². The van der Waals surface area contributed by atoms with E-state index in [1.54, 1.807) is 18.4 Å². The number of urea groups is 1. The number of hydrogen-bond acceptors (Lipinski definition) is 5. The molecule has 2 amide bonds. The molecule has 3 heterocycles. The van der Waals surface area contributed by atoms with Crippen LogP contribution in [0, 0.1) is 6.92 Å². The Balaban J connectivity index is 1.66. The highest BCUT2D eigenvalue weighted by atomic mass is 32.1. The van der Waals surface area contributed by atoms with Crippen LogP contribution in [0.1, 0.15) is 54.1 Å². The molecule has 1 saturated heterocycles. The molecule has 6 nitrogen and oxygen atoms in total. The average Bonchev–Trinajstić information content (AvgIpc) is 3.26. The number of methoxy groups -OCH3 is 1. The number of amides is 2. The molecule has 130 valence electrons. The van der Waals surface area contributed by atoms with E-state index in [0.29, 0.717) is 6.61 Å². The van der Waals surface area contributed by atoms with Crippen LogP contribution in [-0.2, 0) is 11.3 Å². The minimum atomic E-state index is -0.0990. The first-order valence-electron chi connectivity index (χ1n) is 8.15. The number of aromatic nitrogens is 1. The van der Waals surface area contributed by atoms with Crippen LogP contribution in [0.3, 0.4) is 0 Å². The number of likely N-dealkylation sites (tertiary alicyclic amines) is 1. The third-order valence-corrected chi connectivity index (χ3v) is 5.30. The maximum absolute atomic E-state index is 12.7. The predicted octanol–water partition coefficient (Wildman–Crippen LogP) is 3.80. The number of aryl methyl sites for hydroxylation is 1. The average molecular weight is 349 g/mol. The molecule has 1 aliphatic heterocycles. The van der Waals surface area contributed by atoms with Crippen LogP contribution < -0.4 is 5.32 Å². The van der Waals surface area contributed by atoms with Crippen molar-refractivity contribution in [2.24, 2.45) is 0 Å². The predicted molar refractivity (Wildman–Crippen MR) is 91.9 cm³/mol. The SMILES string of the molecule is COCc1ccc([C@@H]2CCCN2C(=O)N[C@@H](C)c2nc(C)cs2)o1. The maximum Gasteiger partial charge on any atom is 0.318 e. The molecule has 0 bridgehead atoms. The molecule has 1 N–H and O–H groups in total. The zero-order chi connectivity index (χ0) is 17.1. The molecule has 2 aromatic heterocycles. The summed E-state index contributed by atoms with van der Waals surface area (Å²) in [7, 11) is 1.64. The second-order valence-corrected chi connectivity index (χ2v) is 6.98. The molecule has 0 aromatic carbocycles. The Bertz CT molecular complexity index is 697. The van der Waals surface area contributed by atoms with E-state index < -0.39 is 0 Å².